The van der Waals surface area contributed by atoms with Crippen LogP contribution >= 0.6 is 0 Å². The highest BCUT2D eigenvalue weighted by Crippen LogP contribution is 2.23. The van der Waals surface area contributed by atoms with E-state index in [9.17, 15) is 9.59 Å². The smallest absolute Gasteiger partial charge is 0.276 e. The molecule has 0 saturated carbocycles. The van der Waals surface area contributed by atoms with Gasteiger partial charge >= 0.3 is 0 Å². The van der Waals surface area contributed by atoms with E-state index in [1.807, 2.05) is 39.9 Å². The molecule has 2 amide bonds. The van der Waals surface area contributed by atoms with Crippen LogP contribution in [-0.2, 0) is 13.1 Å². The second kappa shape index (κ2) is 7.51. The molecule has 1 aliphatic heterocycles. The quantitative estimate of drug-likeness (QED) is 0.725. The molecule has 0 saturated heterocycles. The molecule has 3 heterocycles. The van der Waals surface area contributed by atoms with E-state index in [4.69, 9.17) is 5.73 Å². The fourth-order valence-electron chi connectivity index (χ4n) is 3.31. The van der Waals surface area contributed by atoms with E-state index >= 15 is 0 Å². The number of benzene rings is 1. The first-order valence-electron chi connectivity index (χ1n) is 9.05. The van der Waals surface area contributed by atoms with E-state index in [-0.39, 0.29) is 5.91 Å². The van der Waals surface area contributed by atoms with Gasteiger partial charge in [0, 0.05) is 25.0 Å². The number of nitrogens with two attached hydrogens (primary N) is 1. The van der Waals surface area contributed by atoms with Crippen molar-refractivity contribution in [3.05, 3.63) is 71.7 Å². The molecule has 0 unspecified atom stereocenters. The Morgan fingerprint density at radius 1 is 1.07 bits per heavy atom. The first-order valence-corrected chi connectivity index (χ1v) is 9.05. The maximum Gasteiger partial charge on any atom is 0.276 e. The van der Waals surface area contributed by atoms with Gasteiger partial charge in [0.1, 0.15) is 5.82 Å². The maximum absolute atomic E-state index is 12.5. The number of nitrogens with zero attached hydrogens (tertiary/aromatic N) is 4. The number of hydrogen-bond donors (Lipinski definition) is 2. The summed E-state index contributed by atoms with van der Waals surface area (Å²) in [5.74, 6) is -0.210. The summed E-state index contributed by atoms with van der Waals surface area (Å²) in [6.45, 7) is 1.89. The zero-order chi connectivity index (χ0) is 19.5. The SMILES string of the molecule is NC(=O)c1cccnc1N1CCCn2nc(C(=O)Nc3ccccc3)cc2C1. The molecule has 8 nitrogen and oxygen atoms in total. The zero-order valence-corrected chi connectivity index (χ0v) is 15.2. The van der Waals surface area contributed by atoms with Crippen molar-refractivity contribution in [3.8, 4) is 0 Å². The number of amides is 2. The van der Waals surface area contributed by atoms with Gasteiger partial charge in [-0.1, -0.05) is 18.2 Å². The molecule has 4 rings (SSSR count). The molecule has 0 atom stereocenters. The number of carbonyl (C=O) groups excluding carboxylic acids is 2. The Morgan fingerprint density at radius 2 is 1.89 bits per heavy atom. The van der Waals surface area contributed by atoms with Gasteiger partial charge in [-0.15, -0.1) is 0 Å². The van der Waals surface area contributed by atoms with Crippen LogP contribution in [0.15, 0.2) is 54.7 Å². The lowest BCUT2D eigenvalue weighted by molar-refractivity contribution is 0.0997. The second-order valence-electron chi connectivity index (χ2n) is 6.58. The summed E-state index contributed by atoms with van der Waals surface area (Å²) in [5, 5.41) is 7.31. The molecule has 0 radical (unpaired) electrons. The van der Waals surface area contributed by atoms with Crippen LogP contribution in [-0.4, -0.2) is 33.1 Å². The molecule has 1 aliphatic rings. The van der Waals surface area contributed by atoms with Gasteiger partial charge in [-0.2, -0.15) is 5.10 Å². The van der Waals surface area contributed by atoms with Crippen molar-refractivity contribution in [3.63, 3.8) is 0 Å². The minimum Gasteiger partial charge on any atom is -0.365 e. The molecule has 1 aromatic carbocycles. The lowest BCUT2D eigenvalue weighted by Crippen LogP contribution is -2.27. The highest BCUT2D eigenvalue weighted by Gasteiger charge is 2.23. The summed E-state index contributed by atoms with van der Waals surface area (Å²) in [6, 6.07) is 14.4. The number of primary amides is 1. The van der Waals surface area contributed by atoms with E-state index in [1.54, 1.807) is 24.4 Å². The fourth-order valence-corrected chi connectivity index (χ4v) is 3.31. The topological polar surface area (TPSA) is 106 Å². The molecule has 8 heteroatoms. The number of pyridine rings is 1. The normalized spacial score (nSPS) is 13.5. The summed E-state index contributed by atoms with van der Waals surface area (Å²) in [6.07, 6.45) is 2.45. The van der Waals surface area contributed by atoms with Gasteiger partial charge in [-0.3, -0.25) is 14.3 Å². The number of aromatic nitrogens is 3. The number of anilines is 2. The summed E-state index contributed by atoms with van der Waals surface area (Å²) in [5.41, 5.74) is 7.85. The van der Waals surface area contributed by atoms with Crippen LogP contribution in [0.5, 0.6) is 0 Å². The van der Waals surface area contributed by atoms with Crippen LogP contribution in [0.25, 0.3) is 0 Å². The van der Waals surface area contributed by atoms with E-state index in [2.05, 4.69) is 15.4 Å². The third-order valence-electron chi connectivity index (χ3n) is 4.63. The summed E-state index contributed by atoms with van der Waals surface area (Å²) in [4.78, 5) is 30.6. The number of nitrogens with one attached hydrogen (secondary N) is 1. The Kier molecular flexibility index (Phi) is 4.76. The predicted octanol–water partition coefficient (Wildman–Crippen LogP) is 2.04. The molecule has 2 aromatic heterocycles. The van der Waals surface area contributed by atoms with Crippen LogP contribution in [0.3, 0.4) is 0 Å². The van der Waals surface area contributed by atoms with Crippen molar-refractivity contribution < 1.29 is 9.59 Å². The average molecular weight is 376 g/mol. The first kappa shape index (κ1) is 17.7. The van der Waals surface area contributed by atoms with E-state index in [1.165, 1.54) is 0 Å². The zero-order valence-electron chi connectivity index (χ0n) is 15.2. The highest BCUT2D eigenvalue weighted by molar-refractivity contribution is 6.03. The van der Waals surface area contributed by atoms with Crippen LogP contribution in [0.4, 0.5) is 11.5 Å². The molecular weight excluding hydrogens is 356 g/mol. The molecule has 3 N–H and O–H groups in total. The Bertz CT molecular complexity index is 1010. The Morgan fingerprint density at radius 3 is 2.68 bits per heavy atom. The van der Waals surface area contributed by atoms with Gasteiger partial charge in [0.2, 0.25) is 0 Å². The summed E-state index contributed by atoms with van der Waals surface area (Å²) in [7, 11) is 0. The van der Waals surface area contributed by atoms with E-state index in [0.717, 1.165) is 17.8 Å². The molecular formula is C20H20N6O2. The summed E-state index contributed by atoms with van der Waals surface area (Å²) < 4.78 is 1.84. The minimum atomic E-state index is -0.510. The van der Waals surface area contributed by atoms with Crippen molar-refractivity contribution in [2.45, 2.75) is 19.5 Å². The highest BCUT2D eigenvalue weighted by atomic mass is 16.2. The van der Waals surface area contributed by atoms with Crippen molar-refractivity contribution in [2.75, 3.05) is 16.8 Å². The monoisotopic (exact) mass is 376 g/mol. The van der Waals surface area contributed by atoms with Gasteiger partial charge in [0.15, 0.2) is 5.69 Å². The molecule has 0 fully saturated rings. The lowest BCUT2D eigenvalue weighted by Gasteiger charge is -2.22. The number of aryl methyl sites for hydroxylation is 1. The maximum atomic E-state index is 12.5. The van der Waals surface area contributed by atoms with Gasteiger partial charge in [0.25, 0.3) is 11.8 Å². The van der Waals surface area contributed by atoms with Gasteiger partial charge in [-0.05, 0) is 36.8 Å². The minimum absolute atomic E-state index is 0.256. The largest absolute Gasteiger partial charge is 0.365 e. The van der Waals surface area contributed by atoms with Crippen LogP contribution in [0.2, 0.25) is 0 Å². The Labute approximate surface area is 162 Å². The van der Waals surface area contributed by atoms with Crippen LogP contribution in [0, 0.1) is 0 Å². The average Bonchev–Trinajstić information content (AvgIpc) is 3.00. The van der Waals surface area contributed by atoms with E-state index in [0.29, 0.717) is 36.7 Å². The fraction of sp³-hybridized carbons (Fsp3) is 0.200. The lowest BCUT2D eigenvalue weighted by atomic mass is 10.2. The molecule has 0 spiro atoms. The second-order valence-corrected chi connectivity index (χ2v) is 6.58. The van der Waals surface area contributed by atoms with Crippen LogP contribution < -0.4 is 16.0 Å². The number of fused-ring (bicyclic) bond motifs is 1. The molecule has 142 valence electrons. The standard InChI is InChI=1S/C20H20N6O2/c21-18(27)16-8-4-9-22-19(16)25-10-5-11-26-15(13-25)12-17(24-26)20(28)23-14-6-2-1-3-7-14/h1-4,6-9,12H,5,10-11,13H2,(H2,21,27)(H,23,28). The van der Waals surface area contributed by atoms with Gasteiger partial charge in [-0.25, -0.2) is 4.98 Å². The van der Waals surface area contributed by atoms with Gasteiger partial charge < -0.3 is 16.0 Å². The molecule has 0 aliphatic carbocycles. The van der Waals surface area contributed by atoms with Crippen molar-refractivity contribution >= 4 is 23.3 Å². The predicted molar refractivity (Wildman–Crippen MR) is 105 cm³/mol. The molecule has 28 heavy (non-hydrogen) atoms. The van der Waals surface area contributed by atoms with Crippen LogP contribution in [0.1, 0.15) is 33.0 Å². The van der Waals surface area contributed by atoms with Crippen molar-refractivity contribution in [2.24, 2.45) is 5.73 Å². The van der Waals surface area contributed by atoms with Crippen molar-refractivity contribution in [1.29, 1.82) is 0 Å². The number of rotatable bonds is 4. The summed E-state index contributed by atoms with van der Waals surface area (Å²) >= 11 is 0. The van der Waals surface area contributed by atoms with Crippen molar-refractivity contribution in [1.82, 2.24) is 14.8 Å². The number of hydrogen-bond acceptors (Lipinski definition) is 5. The molecule has 3 aromatic rings. The third-order valence-corrected chi connectivity index (χ3v) is 4.63. The number of carbonyl (C=O) groups is 2. The van der Waals surface area contributed by atoms with E-state index < -0.39 is 5.91 Å². The first-order chi connectivity index (χ1) is 13.6. The third kappa shape index (κ3) is 3.57. The molecule has 0 bridgehead atoms. The Hall–Kier alpha value is -3.68. The number of para-hydroxylation sites is 1. The Balaban J connectivity index is 1.58. The van der Waals surface area contributed by atoms with Gasteiger partial charge in [0.05, 0.1) is 17.8 Å².